The molecule has 18 heavy (non-hydrogen) atoms. The first-order valence-corrected chi connectivity index (χ1v) is 6.40. The first kappa shape index (κ1) is 11.2. The van der Waals surface area contributed by atoms with Gasteiger partial charge in [0, 0.05) is 17.7 Å². The molecule has 1 heterocycles. The van der Waals surface area contributed by atoms with Gasteiger partial charge in [0.25, 0.3) is 0 Å². The average molecular weight is 251 g/mol. The minimum Gasteiger partial charge on any atom is -0.349 e. The second kappa shape index (κ2) is 4.75. The van der Waals surface area contributed by atoms with Crippen molar-refractivity contribution in [2.75, 3.05) is 5.32 Å². The zero-order valence-corrected chi connectivity index (χ0v) is 10.7. The van der Waals surface area contributed by atoms with Gasteiger partial charge < -0.3 is 5.32 Å². The largest absolute Gasteiger partial charge is 0.349 e. The molecule has 0 saturated carbocycles. The Morgan fingerprint density at radius 2 is 1.61 bits per heavy atom. The predicted octanol–water partition coefficient (Wildman–Crippen LogP) is 4.26. The Morgan fingerprint density at radius 3 is 2.44 bits per heavy atom. The summed E-state index contributed by atoms with van der Waals surface area (Å²) in [4.78, 5) is 0.869. The summed E-state index contributed by atoms with van der Waals surface area (Å²) in [5, 5.41) is 3.30. The number of hydrogen-bond acceptors (Lipinski definition) is 1. The summed E-state index contributed by atoms with van der Waals surface area (Å²) in [7, 11) is 0. The van der Waals surface area contributed by atoms with Crippen LogP contribution in [0.25, 0.3) is 5.57 Å². The van der Waals surface area contributed by atoms with Crippen LogP contribution in [0.5, 0.6) is 0 Å². The molecule has 0 fully saturated rings. The topological polar surface area (TPSA) is 12.0 Å². The van der Waals surface area contributed by atoms with Crippen molar-refractivity contribution in [3.05, 3.63) is 71.8 Å². The number of rotatable bonds is 1. The van der Waals surface area contributed by atoms with E-state index in [-0.39, 0.29) is 0 Å². The van der Waals surface area contributed by atoms with E-state index in [4.69, 9.17) is 12.2 Å². The Hall–Kier alpha value is -1.93. The number of benzene rings is 2. The fraction of sp³-hybridized carbons (Fsp3) is 0.0625. The number of fused-ring (bicyclic) bond motifs is 1. The molecule has 1 aliphatic heterocycles. The number of nitrogens with one attached hydrogen (secondary N) is 1. The van der Waals surface area contributed by atoms with Crippen molar-refractivity contribution in [1.29, 1.82) is 0 Å². The van der Waals surface area contributed by atoms with E-state index in [0.29, 0.717) is 0 Å². The van der Waals surface area contributed by atoms with E-state index in [9.17, 15) is 0 Å². The smallest absolute Gasteiger partial charge is 0.0835 e. The van der Waals surface area contributed by atoms with Crippen LogP contribution >= 0.6 is 12.2 Å². The minimum atomic E-state index is 0.786. The molecule has 0 bridgehead atoms. The third-order valence-corrected chi connectivity index (χ3v) is 3.34. The molecule has 0 spiro atoms. The molecule has 0 amide bonds. The van der Waals surface area contributed by atoms with Gasteiger partial charge >= 0.3 is 0 Å². The first-order chi connectivity index (χ1) is 8.84. The molecular formula is C16H13NS. The normalized spacial score (nSPS) is 14.2. The molecule has 0 aromatic heterocycles. The lowest BCUT2D eigenvalue weighted by Crippen LogP contribution is -2.06. The van der Waals surface area contributed by atoms with Gasteiger partial charge in [0.2, 0.25) is 0 Å². The monoisotopic (exact) mass is 251 g/mol. The number of thiocarbonyl (C=S) groups is 1. The van der Waals surface area contributed by atoms with Crippen LogP contribution in [0.1, 0.15) is 17.5 Å². The lowest BCUT2D eigenvalue weighted by Gasteiger charge is -2.11. The summed E-state index contributed by atoms with van der Waals surface area (Å²) in [5.41, 5.74) is 4.79. The Labute approximate surface area is 112 Å². The number of anilines is 1. The Kier molecular flexibility index (Phi) is 2.95. The second-order valence-corrected chi connectivity index (χ2v) is 4.77. The molecule has 0 atom stereocenters. The van der Waals surface area contributed by atoms with E-state index in [1.54, 1.807) is 0 Å². The molecule has 88 valence electrons. The molecule has 2 heteroatoms. The van der Waals surface area contributed by atoms with Crippen LogP contribution in [0.15, 0.2) is 60.7 Å². The molecule has 2 aromatic rings. The highest BCUT2D eigenvalue weighted by Crippen LogP contribution is 2.32. The van der Waals surface area contributed by atoms with E-state index in [1.165, 1.54) is 16.7 Å². The third kappa shape index (κ3) is 2.07. The maximum Gasteiger partial charge on any atom is 0.0835 e. The highest BCUT2D eigenvalue weighted by Gasteiger charge is 2.13. The minimum absolute atomic E-state index is 0.786. The van der Waals surface area contributed by atoms with Crippen LogP contribution in [0.2, 0.25) is 0 Å². The van der Waals surface area contributed by atoms with Crippen LogP contribution in [0, 0.1) is 0 Å². The molecule has 0 unspecified atom stereocenters. The van der Waals surface area contributed by atoms with Crippen molar-refractivity contribution in [2.45, 2.75) is 6.42 Å². The molecule has 1 N–H and O–H groups in total. The van der Waals surface area contributed by atoms with Gasteiger partial charge in [-0.15, -0.1) is 0 Å². The van der Waals surface area contributed by atoms with Gasteiger partial charge in [0.15, 0.2) is 0 Å². The van der Waals surface area contributed by atoms with Gasteiger partial charge in [-0.3, -0.25) is 0 Å². The van der Waals surface area contributed by atoms with E-state index in [0.717, 1.165) is 17.1 Å². The van der Waals surface area contributed by atoms with Gasteiger partial charge in [-0.05, 0) is 17.2 Å². The van der Waals surface area contributed by atoms with Crippen LogP contribution in [-0.4, -0.2) is 4.99 Å². The zero-order valence-electron chi connectivity index (χ0n) is 9.89. The predicted molar refractivity (Wildman–Crippen MR) is 80.8 cm³/mol. The van der Waals surface area contributed by atoms with Crippen LogP contribution < -0.4 is 5.32 Å². The summed E-state index contributed by atoms with van der Waals surface area (Å²) >= 11 is 5.32. The van der Waals surface area contributed by atoms with E-state index >= 15 is 0 Å². The fourth-order valence-electron chi connectivity index (χ4n) is 2.22. The van der Waals surface area contributed by atoms with Crippen molar-refractivity contribution in [2.24, 2.45) is 0 Å². The number of para-hydroxylation sites is 1. The Morgan fingerprint density at radius 1 is 0.889 bits per heavy atom. The van der Waals surface area contributed by atoms with E-state index in [1.807, 2.05) is 12.1 Å². The average Bonchev–Trinajstić information content (AvgIpc) is 2.58. The molecule has 0 radical (unpaired) electrons. The third-order valence-electron chi connectivity index (χ3n) is 3.07. The molecule has 0 saturated heterocycles. The van der Waals surface area contributed by atoms with E-state index < -0.39 is 0 Å². The standard InChI is InChI=1S/C16H13NS/c18-16-11-10-13(12-6-2-1-3-7-12)14-8-4-5-9-15(14)17-16/h1-10H,11H2,(H,17,18). The van der Waals surface area contributed by atoms with Gasteiger partial charge in [0.05, 0.1) is 4.99 Å². The quantitative estimate of drug-likeness (QED) is 0.760. The van der Waals surface area contributed by atoms with Crippen molar-refractivity contribution in [1.82, 2.24) is 0 Å². The highest BCUT2D eigenvalue weighted by atomic mass is 32.1. The summed E-state index contributed by atoms with van der Waals surface area (Å²) in [5.74, 6) is 0. The first-order valence-electron chi connectivity index (χ1n) is 5.99. The Bertz CT molecular complexity index is 614. The van der Waals surface area contributed by atoms with Gasteiger partial charge in [0.1, 0.15) is 0 Å². The lowest BCUT2D eigenvalue weighted by atomic mass is 9.96. The van der Waals surface area contributed by atoms with Crippen LogP contribution in [-0.2, 0) is 0 Å². The van der Waals surface area contributed by atoms with Gasteiger partial charge in [-0.1, -0.05) is 66.8 Å². The molecular weight excluding hydrogens is 238 g/mol. The summed E-state index contributed by atoms with van der Waals surface area (Å²) in [6.45, 7) is 0. The van der Waals surface area contributed by atoms with Crippen LogP contribution in [0.3, 0.4) is 0 Å². The summed E-state index contributed by atoms with van der Waals surface area (Å²) < 4.78 is 0. The van der Waals surface area contributed by atoms with Crippen molar-refractivity contribution in [3.63, 3.8) is 0 Å². The van der Waals surface area contributed by atoms with Gasteiger partial charge in [-0.2, -0.15) is 0 Å². The maximum absolute atomic E-state index is 5.32. The molecule has 1 nitrogen and oxygen atoms in total. The van der Waals surface area contributed by atoms with Gasteiger partial charge in [-0.25, -0.2) is 0 Å². The highest BCUT2D eigenvalue weighted by molar-refractivity contribution is 7.80. The number of hydrogen-bond donors (Lipinski definition) is 1. The molecule has 2 aromatic carbocycles. The molecule has 0 aliphatic carbocycles. The summed E-state index contributed by atoms with van der Waals surface area (Å²) in [6, 6.07) is 18.7. The zero-order chi connectivity index (χ0) is 12.4. The lowest BCUT2D eigenvalue weighted by molar-refractivity contribution is 1.50. The molecule has 3 rings (SSSR count). The fourth-order valence-corrected chi connectivity index (χ4v) is 2.42. The van der Waals surface area contributed by atoms with Crippen molar-refractivity contribution >= 4 is 28.5 Å². The van der Waals surface area contributed by atoms with E-state index in [2.05, 4.69) is 53.9 Å². The Balaban J connectivity index is 2.17. The summed E-state index contributed by atoms with van der Waals surface area (Å²) in [6.07, 6.45) is 2.99. The molecule has 1 aliphatic rings. The maximum atomic E-state index is 5.32. The second-order valence-electron chi connectivity index (χ2n) is 4.28. The van der Waals surface area contributed by atoms with Crippen molar-refractivity contribution < 1.29 is 0 Å². The van der Waals surface area contributed by atoms with Crippen molar-refractivity contribution in [3.8, 4) is 0 Å². The SMILES string of the molecule is S=C1CC=C(c2ccccc2)c2ccccc2N1. The van der Waals surface area contributed by atoms with Crippen LogP contribution in [0.4, 0.5) is 5.69 Å².